The summed E-state index contributed by atoms with van der Waals surface area (Å²) >= 11 is 0. The van der Waals surface area contributed by atoms with E-state index in [9.17, 15) is 19.8 Å². The number of nitrogens with zero attached hydrogens (tertiary/aromatic N) is 4. The van der Waals surface area contributed by atoms with Gasteiger partial charge in [0.2, 0.25) is 5.91 Å². The van der Waals surface area contributed by atoms with Gasteiger partial charge in [0, 0.05) is 67.6 Å². The Morgan fingerprint density at radius 3 is 2.31 bits per heavy atom. The number of hydrogen-bond donors (Lipinski definition) is 4. The number of para-hydroxylation sites is 1. The Balaban J connectivity index is 1.17. The predicted octanol–water partition coefficient (Wildman–Crippen LogP) is 5.11. The van der Waals surface area contributed by atoms with Crippen molar-refractivity contribution in [1.82, 2.24) is 20.6 Å². The third-order valence-corrected chi connectivity index (χ3v) is 14.6. The summed E-state index contributed by atoms with van der Waals surface area (Å²) in [5, 5.41) is 29.8. The zero-order chi connectivity index (χ0) is 49.0. The Hall–Kier alpha value is -4.45. The van der Waals surface area contributed by atoms with Crippen LogP contribution < -0.4 is 20.3 Å². The van der Waals surface area contributed by atoms with Gasteiger partial charge in [0.25, 0.3) is 5.91 Å². The van der Waals surface area contributed by atoms with Gasteiger partial charge in [-0.05, 0) is 92.4 Å². The maximum Gasteiger partial charge on any atom is 0.251 e. The average molecular weight is 943 g/mol. The molecule has 3 aromatic rings. The molecule has 2 bridgehead atoms. The number of hydroxylamine groups is 2. The smallest absolute Gasteiger partial charge is 0.251 e. The number of benzene rings is 3. The molecular weight excluding hydrogens is 865 g/mol. The van der Waals surface area contributed by atoms with Gasteiger partial charge in [0.1, 0.15) is 17.9 Å². The van der Waals surface area contributed by atoms with Gasteiger partial charge in [-0.1, -0.05) is 69.3 Å². The van der Waals surface area contributed by atoms with E-state index in [1.807, 2.05) is 80.6 Å². The average Bonchev–Trinajstić information content (AvgIpc) is 3.69. The molecule has 68 heavy (non-hydrogen) atoms. The third-order valence-electron chi connectivity index (χ3n) is 14.6. The van der Waals surface area contributed by atoms with Gasteiger partial charge in [-0.25, -0.2) is 0 Å². The number of fused-ring (bicyclic) bond motifs is 2. The van der Waals surface area contributed by atoms with Crippen molar-refractivity contribution in [3.8, 4) is 16.9 Å². The SMILES string of the molecule is C=NCCOCCOCCOCCN(C)C[C@@H](Cc1ccccc1)NC(=O)c1cc(-c2cccc(CN3O[C@@H](CO)[C@@H]([C@H](C)O)[C@H]3C(=O)N[C@H]3C[C@H]4C[C@@H]([C@@H]3C)C4(C)C)c2OC)cc(N(C)C)c1. The second-order valence-corrected chi connectivity index (χ2v) is 19.8. The lowest BCUT2D eigenvalue weighted by Crippen LogP contribution is -2.62. The van der Waals surface area contributed by atoms with E-state index in [0.29, 0.717) is 94.8 Å². The second-order valence-electron chi connectivity index (χ2n) is 19.8. The normalized spacial score (nSPS) is 24.0. The molecule has 9 atom stereocenters. The van der Waals surface area contributed by atoms with Gasteiger partial charge in [0.05, 0.1) is 72.6 Å². The molecule has 0 unspecified atom stereocenters. The number of likely N-dealkylation sites (N-methyl/N-ethyl adjacent to an activating group) is 1. The molecule has 0 spiro atoms. The Labute approximate surface area is 404 Å². The molecule has 1 heterocycles. The fourth-order valence-corrected chi connectivity index (χ4v) is 10.7. The van der Waals surface area contributed by atoms with Crippen LogP contribution in [0.5, 0.6) is 5.75 Å². The topological polar surface area (TPSA) is 167 Å². The molecule has 7 rings (SSSR count). The van der Waals surface area contributed by atoms with Crippen LogP contribution in [0.25, 0.3) is 11.1 Å². The predicted molar refractivity (Wildman–Crippen MR) is 266 cm³/mol. The molecule has 3 saturated carbocycles. The van der Waals surface area contributed by atoms with E-state index in [1.165, 1.54) is 6.42 Å². The van der Waals surface area contributed by atoms with Gasteiger partial charge < -0.3 is 49.6 Å². The number of carbonyl (C=O) groups is 2. The quantitative estimate of drug-likeness (QED) is 0.0591. The molecule has 15 nitrogen and oxygen atoms in total. The number of methoxy groups -OCH3 is 1. The maximum absolute atomic E-state index is 14.4. The second kappa shape index (κ2) is 24.9. The van der Waals surface area contributed by atoms with Gasteiger partial charge >= 0.3 is 0 Å². The molecule has 2 amide bonds. The number of hydrogen-bond acceptors (Lipinski definition) is 13. The summed E-state index contributed by atoms with van der Waals surface area (Å²) in [5.74, 6) is 0.889. The van der Waals surface area contributed by atoms with E-state index in [1.54, 1.807) is 19.1 Å². The number of nitrogens with one attached hydrogen (secondary N) is 2. The van der Waals surface area contributed by atoms with E-state index in [2.05, 4.69) is 60.1 Å². The highest BCUT2D eigenvalue weighted by atomic mass is 16.7. The minimum absolute atomic E-state index is 0.0186. The zero-order valence-electron chi connectivity index (χ0n) is 41.7. The first-order valence-corrected chi connectivity index (χ1v) is 24.4. The van der Waals surface area contributed by atoms with Crippen molar-refractivity contribution in [3.05, 3.63) is 83.4 Å². The molecule has 1 aliphatic heterocycles. The molecule has 4 fully saturated rings. The number of rotatable bonds is 27. The number of amides is 2. The van der Waals surface area contributed by atoms with Crippen molar-refractivity contribution in [2.24, 2.45) is 34.1 Å². The van der Waals surface area contributed by atoms with Crippen molar-refractivity contribution in [3.63, 3.8) is 0 Å². The Morgan fingerprint density at radius 1 is 0.971 bits per heavy atom. The van der Waals surface area contributed by atoms with Crippen molar-refractivity contribution in [2.75, 3.05) is 99.0 Å². The lowest BCUT2D eigenvalue weighted by Gasteiger charge is -2.62. The number of anilines is 1. The van der Waals surface area contributed by atoms with E-state index in [0.717, 1.165) is 34.4 Å². The molecule has 1 saturated heterocycles. The highest BCUT2D eigenvalue weighted by Crippen LogP contribution is 2.61. The van der Waals surface area contributed by atoms with Crippen molar-refractivity contribution in [2.45, 2.75) is 83.8 Å². The number of ether oxygens (including phenoxy) is 4. The number of aliphatic hydroxyl groups excluding tert-OH is 2. The van der Waals surface area contributed by atoms with Gasteiger partial charge in [0.15, 0.2) is 0 Å². The van der Waals surface area contributed by atoms with E-state index < -0.39 is 24.2 Å². The van der Waals surface area contributed by atoms with Gasteiger partial charge in [-0.3, -0.25) is 19.4 Å². The summed E-state index contributed by atoms with van der Waals surface area (Å²) in [6, 6.07) is 20.7. The molecule has 3 aliphatic carbocycles. The monoisotopic (exact) mass is 943 g/mol. The first-order valence-electron chi connectivity index (χ1n) is 24.4. The van der Waals surface area contributed by atoms with Crippen LogP contribution >= 0.6 is 0 Å². The number of aliphatic imine (C=N–C) groups is 1. The van der Waals surface area contributed by atoms with Crippen LogP contribution in [0.1, 0.15) is 62.0 Å². The number of aliphatic hydroxyl groups is 2. The highest BCUT2D eigenvalue weighted by Gasteiger charge is 2.57. The molecule has 0 radical (unpaired) electrons. The highest BCUT2D eigenvalue weighted by molar-refractivity contribution is 5.97. The minimum atomic E-state index is -0.921. The lowest BCUT2D eigenvalue weighted by molar-refractivity contribution is -0.183. The van der Waals surface area contributed by atoms with Crippen LogP contribution in [-0.4, -0.2) is 163 Å². The van der Waals surface area contributed by atoms with Gasteiger partial charge in [-0.2, -0.15) is 5.06 Å². The first kappa shape index (κ1) is 52.9. The van der Waals surface area contributed by atoms with Crippen molar-refractivity contribution < 1.29 is 43.6 Å². The Kier molecular flexibility index (Phi) is 19.4. The summed E-state index contributed by atoms with van der Waals surface area (Å²) in [7, 11) is 7.52. The molecule has 15 heteroatoms. The Morgan fingerprint density at radius 2 is 1.68 bits per heavy atom. The van der Waals surface area contributed by atoms with Gasteiger partial charge in [-0.15, -0.1) is 0 Å². The fourth-order valence-electron chi connectivity index (χ4n) is 10.7. The molecule has 374 valence electrons. The third kappa shape index (κ3) is 13.2. The molecule has 4 aliphatic rings. The standard InChI is InChI=1S/C53H78N6O9/c1-35-45-30-41(53(45,3)4)31-46(35)56-52(63)49-48(36(2)61)47(34-60)68-59(49)32-38-16-13-17-44(50(38)64-9)39-27-40(29-43(28-39)57(6)7)51(62)55-42(26-37-14-11-10-12-15-37)33-58(8)19-21-66-23-25-67-24-22-65-20-18-54-5/h10-17,27-29,35-36,41-42,45-49,60-61H,5,18-26,30-34H2,1-4,6-9H3,(H,55,62)(H,56,63)/t35-,36-,41+,42+,45-,46-,47-,48+,49-/m0/s1. The van der Waals surface area contributed by atoms with Crippen LogP contribution in [-0.2, 0) is 36.8 Å². The van der Waals surface area contributed by atoms with Crippen LogP contribution in [0.15, 0.2) is 71.7 Å². The number of carbonyl (C=O) groups excluding carboxylic acids is 2. The molecule has 0 aromatic heterocycles. The maximum atomic E-state index is 14.4. The summed E-state index contributed by atoms with van der Waals surface area (Å²) in [6.07, 6.45) is 1.04. The van der Waals surface area contributed by atoms with Crippen LogP contribution in [0.4, 0.5) is 5.69 Å². The summed E-state index contributed by atoms with van der Waals surface area (Å²) in [6.45, 7) is 16.6. The zero-order valence-corrected chi connectivity index (χ0v) is 41.7. The summed E-state index contributed by atoms with van der Waals surface area (Å²) in [5.41, 5.74) is 4.98. The summed E-state index contributed by atoms with van der Waals surface area (Å²) < 4.78 is 23.0. The largest absolute Gasteiger partial charge is 0.496 e. The van der Waals surface area contributed by atoms with Crippen LogP contribution in [0.2, 0.25) is 0 Å². The Bertz CT molecular complexity index is 2090. The first-order chi connectivity index (χ1) is 32.7. The molecule has 4 N–H and O–H groups in total. The minimum Gasteiger partial charge on any atom is -0.496 e. The van der Waals surface area contributed by atoms with E-state index in [-0.39, 0.29) is 42.5 Å². The fraction of sp³-hybridized carbons (Fsp3) is 0.604. The van der Waals surface area contributed by atoms with E-state index in [4.69, 9.17) is 23.8 Å². The van der Waals surface area contributed by atoms with E-state index >= 15 is 0 Å². The lowest BCUT2D eigenvalue weighted by atomic mass is 9.45. The summed E-state index contributed by atoms with van der Waals surface area (Å²) in [4.78, 5) is 43.1. The van der Waals surface area contributed by atoms with Crippen LogP contribution in [0.3, 0.4) is 0 Å². The molecule has 3 aromatic carbocycles. The molecular formula is C53H78N6O9. The van der Waals surface area contributed by atoms with Crippen LogP contribution in [0, 0.1) is 29.1 Å². The van der Waals surface area contributed by atoms with Crippen molar-refractivity contribution in [1.29, 1.82) is 0 Å². The van der Waals surface area contributed by atoms with Crippen molar-refractivity contribution >= 4 is 24.2 Å².